The molecule has 4 aromatic rings. The molecule has 0 spiro atoms. The molecule has 4 rings (SSSR count). The molecular weight excluding hydrogens is 291 g/mol. The molecule has 23 heavy (non-hydrogen) atoms. The van der Waals surface area contributed by atoms with Crippen molar-refractivity contribution in [3.63, 3.8) is 0 Å². The van der Waals surface area contributed by atoms with Gasteiger partial charge < -0.3 is 0 Å². The van der Waals surface area contributed by atoms with Crippen LogP contribution in [0.5, 0.6) is 0 Å². The summed E-state index contributed by atoms with van der Waals surface area (Å²) in [5.41, 5.74) is 5.29. The lowest BCUT2D eigenvalue weighted by Crippen LogP contribution is -1.96. The van der Waals surface area contributed by atoms with Crippen LogP contribution in [0, 0.1) is 12.7 Å². The van der Waals surface area contributed by atoms with Crippen LogP contribution in [-0.4, -0.2) is 19.6 Å². The van der Waals surface area contributed by atoms with Gasteiger partial charge in [-0.15, -0.1) is 0 Å². The van der Waals surface area contributed by atoms with Gasteiger partial charge in [0.1, 0.15) is 5.82 Å². The van der Waals surface area contributed by atoms with E-state index in [4.69, 9.17) is 0 Å². The molecule has 4 nitrogen and oxygen atoms in total. The Bertz CT molecular complexity index is 975. The van der Waals surface area contributed by atoms with E-state index in [0.717, 1.165) is 33.7 Å². The monoisotopic (exact) mass is 304 g/mol. The van der Waals surface area contributed by atoms with Crippen molar-refractivity contribution < 1.29 is 4.39 Å². The van der Waals surface area contributed by atoms with Gasteiger partial charge in [-0.1, -0.05) is 12.1 Å². The summed E-state index contributed by atoms with van der Waals surface area (Å²) < 4.78 is 15.0. The molecule has 0 aliphatic carbocycles. The van der Waals surface area contributed by atoms with Crippen LogP contribution >= 0.6 is 0 Å². The maximum absolute atomic E-state index is 13.2. The van der Waals surface area contributed by atoms with Gasteiger partial charge in [0.15, 0.2) is 5.65 Å². The fourth-order valence-electron chi connectivity index (χ4n) is 2.74. The van der Waals surface area contributed by atoms with Crippen LogP contribution < -0.4 is 0 Å². The third-order valence-corrected chi connectivity index (χ3v) is 3.78. The van der Waals surface area contributed by atoms with E-state index < -0.39 is 0 Å². The third-order valence-electron chi connectivity index (χ3n) is 3.78. The maximum Gasteiger partial charge on any atom is 0.163 e. The number of rotatable bonds is 2. The van der Waals surface area contributed by atoms with E-state index in [1.165, 1.54) is 12.1 Å². The van der Waals surface area contributed by atoms with E-state index in [1.54, 1.807) is 30.7 Å². The lowest BCUT2D eigenvalue weighted by atomic mass is 10.1. The lowest BCUT2D eigenvalue weighted by molar-refractivity contribution is 0.628. The average molecular weight is 304 g/mol. The zero-order valence-corrected chi connectivity index (χ0v) is 12.4. The first kappa shape index (κ1) is 13.6. The number of pyridine rings is 1. The fourth-order valence-corrected chi connectivity index (χ4v) is 2.74. The second-order valence-corrected chi connectivity index (χ2v) is 5.27. The van der Waals surface area contributed by atoms with Crippen molar-refractivity contribution in [2.24, 2.45) is 0 Å². The number of fused-ring (bicyclic) bond motifs is 1. The third kappa shape index (κ3) is 2.26. The van der Waals surface area contributed by atoms with Crippen molar-refractivity contribution >= 4 is 5.65 Å². The summed E-state index contributed by atoms with van der Waals surface area (Å²) in [5.74, 6) is -0.258. The average Bonchev–Trinajstić information content (AvgIpc) is 2.92. The first-order valence-corrected chi connectivity index (χ1v) is 7.25. The molecule has 0 saturated heterocycles. The Kier molecular flexibility index (Phi) is 3.12. The highest BCUT2D eigenvalue weighted by Gasteiger charge is 2.15. The Morgan fingerprint density at radius 3 is 2.52 bits per heavy atom. The predicted octanol–water partition coefficient (Wildman–Crippen LogP) is 3.91. The van der Waals surface area contributed by atoms with E-state index in [-0.39, 0.29) is 5.82 Å². The van der Waals surface area contributed by atoms with Gasteiger partial charge in [0.05, 0.1) is 11.4 Å². The molecule has 0 saturated carbocycles. The number of aryl methyl sites for hydroxylation is 1. The highest BCUT2D eigenvalue weighted by atomic mass is 19.1. The molecule has 0 aliphatic heterocycles. The number of hydrogen-bond donors (Lipinski definition) is 0. The molecule has 0 radical (unpaired) electrons. The summed E-state index contributed by atoms with van der Waals surface area (Å²) in [5, 5.41) is 4.62. The summed E-state index contributed by atoms with van der Waals surface area (Å²) in [4.78, 5) is 8.64. The summed E-state index contributed by atoms with van der Waals surface area (Å²) in [6, 6.07) is 12.2. The van der Waals surface area contributed by atoms with Crippen molar-refractivity contribution in [2.75, 3.05) is 0 Å². The SMILES string of the molecule is Cc1nn2c(-c3cccnc3)ccnc2c1-c1ccc(F)cc1. The minimum absolute atomic E-state index is 0.258. The first-order chi connectivity index (χ1) is 11.2. The summed E-state index contributed by atoms with van der Waals surface area (Å²) in [6.07, 6.45) is 5.29. The second-order valence-electron chi connectivity index (χ2n) is 5.27. The normalized spacial score (nSPS) is 11.0. The second kappa shape index (κ2) is 5.28. The number of halogens is 1. The molecule has 5 heteroatoms. The highest BCUT2D eigenvalue weighted by Crippen LogP contribution is 2.29. The number of nitrogens with zero attached hydrogens (tertiary/aromatic N) is 4. The topological polar surface area (TPSA) is 43.1 Å². The Hall–Kier alpha value is -3.08. The number of hydrogen-bond acceptors (Lipinski definition) is 3. The van der Waals surface area contributed by atoms with E-state index >= 15 is 0 Å². The Morgan fingerprint density at radius 1 is 0.957 bits per heavy atom. The van der Waals surface area contributed by atoms with Crippen molar-refractivity contribution in [1.82, 2.24) is 19.6 Å². The van der Waals surface area contributed by atoms with Crippen LogP contribution in [0.3, 0.4) is 0 Å². The van der Waals surface area contributed by atoms with Crippen LogP contribution in [0.25, 0.3) is 28.0 Å². The van der Waals surface area contributed by atoms with Crippen molar-refractivity contribution in [3.8, 4) is 22.4 Å². The molecule has 3 aromatic heterocycles. The summed E-state index contributed by atoms with van der Waals surface area (Å²) >= 11 is 0. The summed E-state index contributed by atoms with van der Waals surface area (Å²) in [7, 11) is 0. The molecule has 0 fully saturated rings. The van der Waals surface area contributed by atoms with Gasteiger partial charge in [-0.3, -0.25) is 4.98 Å². The first-order valence-electron chi connectivity index (χ1n) is 7.25. The largest absolute Gasteiger partial charge is 0.264 e. The predicted molar refractivity (Wildman–Crippen MR) is 86.3 cm³/mol. The van der Waals surface area contributed by atoms with Gasteiger partial charge >= 0.3 is 0 Å². The van der Waals surface area contributed by atoms with Gasteiger partial charge in [0.2, 0.25) is 0 Å². The fraction of sp³-hybridized carbons (Fsp3) is 0.0556. The van der Waals surface area contributed by atoms with E-state index in [2.05, 4.69) is 15.1 Å². The Balaban J connectivity index is 1.98. The zero-order valence-electron chi connectivity index (χ0n) is 12.4. The molecule has 0 aliphatic rings. The van der Waals surface area contributed by atoms with Gasteiger partial charge in [0, 0.05) is 29.7 Å². The molecule has 3 heterocycles. The van der Waals surface area contributed by atoms with Crippen LogP contribution in [-0.2, 0) is 0 Å². The van der Waals surface area contributed by atoms with Crippen LogP contribution in [0.4, 0.5) is 4.39 Å². The minimum Gasteiger partial charge on any atom is -0.264 e. The van der Waals surface area contributed by atoms with Crippen molar-refractivity contribution in [1.29, 1.82) is 0 Å². The Labute approximate surface area is 132 Å². The van der Waals surface area contributed by atoms with E-state index in [1.807, 2.05) is 29.6 Å². The van der Waals surface area contributed by atoms with Crippen LogP contribution in [0.15, 0.2) is 61.1 Å². The number of aromatic nitrogens is 4. The lowest BCUT2D eigenvalue weighted by Gasteiger charge is -2.04. The van der Waals surface area contributed by atoms with Gasteiger partial charge in [-0.2, -0.15) is 5.10 Å². The molecule has 1 aromatic carbocycles. The highest BCUT2D eigenvalue weighted by molar-refractivity contribution is 5.81. The van der Waals surface area contributed by atoms with Crippen LogP contribution in [0.2, 0.25) is 0 Å². The van der Waals surface area contributed by atoms with E-state index in [9.17, 15) is 4.39 Å². The van der Waals surface area contributed by atoms with Crippen molar-refractivity contribution in [2.45, 2.75) is 6.92 Å². The zero-order chi connectivity index (χ0) is 15.8. The molecule has 0 bridgehead atoms. The smallest absolute Gasteiger partial charge is 0.163 e. The molecule has 112 valence electrons. The summed E-state index contributed by atoms with van der Waals surface area (Å²) in [6.45, 7) is 1.93. The standard InChI is InChI=1S/C18H13FN4/c1-12-17(13-4-6-15(19)7-5-13)18-21-10-8-16(23(18)22-12)14-3-2-9-20-11-14/h2-11H,1H3. The van der Waals surface area contributed by atoms with Gasteiger partial charge in [-0.05, 0) is 42.8 Å². The molecule has 0 unspecified atom stereocenters. The van der Waals surface area contributed by atoms with E-state index in [0.29, 0.717) is 0 Å². The molecule has 0 N–H and O–H groups in total. The Morgan fingerprint density at radius 2 is 1.78 bits per heavy atom. The molecule has 0 atom stereocenters. The minimum atomic E-state index is -0.258. The van der Waals surface area contributed by atoms with Gasteiger partial charge in [-0.25, -0.2) is 13.9 Å². The van der Waals surface area contributed by atoms with Crippen molar-refractivity contribution in [3.05, 3.63) is 72.6 Å². The van der Waals surface area contributed by atoms with Gasteiger partial charge in [0.25, 0.3) is 0 Å². The quantitative estimate of drug-likeness (QED) is 0.564. The molecular formula is C18H13FN4. The molecule has 0 amide bonds. The maximum atomic E-state index is 13.2. The number of benzene rings is 1. The van der Waals surface area contributed by atoms with Crippen LogP contribution in [0.1, 0.15) is 5.69 Å².